The van der Waals surface area contributed by atoms with E-state index in [1.54, 1.807) is 0 Å². The Bertz CT molecular complexity index is 364. The normalized spacial score (nSPS) is 30.1. The van der Waals surface area contributed by atoms with Crippen LogP contribution in [0.5, 0.6) is 0 Å². The number of amides is 1. The van der Waals surface area contributed by atoms with Crippen molar-refractivity contribution in [2.24, 2.45) is 11.3 Å². The second kappa shape index (κ2) is 7.78. The Labute approximate surface area is 136 Å². The Morgan fingerprint density at radius 1 is 1.41 bits per heavy atom. The van der Waals surface area contributed by atoms with Crippen molar-refractivity contribution in [3.05, 3.63) is 0 Å². The Morgan fingerprint density at radius 2 is 2.18 bits per heavy atom. The predicted octanol–water partition coefficient (Wildman–Crippen LogP) is 2.82. The predicted molar refractivity (Wildman–Crippen MR) is 89.8 cm³/mol. The lowest BCUT2D eigenvalue weighted by molar-refractivity contribution is -0.165. The smallest absolute Gasteiger partial charge is 0.222 e. The van der Waals surface area contributed by atoms with Gasteiger partial charge in [0, 0.05) is 31.5 Å². The molecule has 4 heteroatoms. The van der Waals surface area contributed by atoms with Crippen LogP contribution >= 0.6 is 0 Å². The molecule has 0 bridgehead atoms. The first kappa shape index (κ1) is 17.7. The second-order valence-electron chi connectivity index (χ2n) is 7.69. The van der Waals surface area contributed by atoms with Crippen molar-refractivity contribution in [2.75, 3.05) is 26.7 Å². The molecule has 2 aliphatic rings. The summed E-state index contributed by atoms with van der Waals surface area (Å²) >= 11 is 0. The number of hydrogen-bond acceptors (Lipinski definition) is 3. The molecule has 1 N–H and O–H groups in total. The number of ether oxygens (including phenoxy) is 1. The second-order valence-corrected chi connectivity index (χ2v) is 7.69. The van der Waals surface area contributed by atoms with Crippen LogP contribution in [0.1, 0.15) is 59.3 Å². The van der Waals surface area contributed by atoms with E-state index in [1.807, 2.05) is 11.9 Å². The van der Waals surface area contributed by atoms with Gasteiger partial charge in [-0.05, 0) is 44.7 Å². The molecule has 22 heavy (non-hydrogen) atoms. The fourth-order valence-electron chi connectivity index (χ4n) is 3.81. The summed E-state index contributed by atoms with van der Waals surface area (Å²) in [6.45, 7) is 9.71. The number of nitrogens with one attached hydrogen (secondary N) is 1. The minimum Gasteiger partial charge on any atom is -0.378 e. The molecule has 1 amide bonds. The summed E-state index contributed by atoms with van der Waals surface area (Å²) in [6, 6.07) is 0.327. The maximum absolute atomic E-state index is 12.5. The van der Waals surface area contributed by atoms with Gasteiger partial charge in [0.15, 0.2) is 0 Å². The van der Waals surface area contributed by atoms with E-state index in [-0.39, 0.29) is 5.41 Å². The molecule has 0 aromatic carbocycles. The molecule has 3 atom stereocenters. The van der Waals surface area contributed by atoms with Crippen LogP contribution in [0, 0.1) is 11.3 Å². The third-order valence-corrected chi connectivity index (χ3v) is 5.73. The van der Waals surface area contributed by atoms with E-state index in [0.717, 1.165) is 39.0 Å². The maximum Gasteiger partial charge on any atom is 0.222 e. The van der Waals surface area contributed by atoms with Crippen LogP contribution in [-0.2, 0) is 9.53 Å². The molecule has 0 spiro atoms. The zero-order chi connectivity index (χ0) is 16.2. The van der Waals surface area contributed by atoms with Crippen molar-refractivity contribution in [3.8, 4) is 0 Å². The quantitative estimate of drug-likeness (QED) is 0.701. The molecule has 0 radical (unpaired) electrons. The minimum absolute atomic E-state index is 0.0765. The first-order chi connectivity index (χ1) is 10.5. The van der Waals surface area contributed by atoms with Crippen LogP contribution in [0.25, 0.3) is 0 Å². The van der Waals surface area contributed by atoms with E-state index in [9.17, 15) is 4.79 Å². The van der Waals surface area contributed by atoms with Gasteiger partial charge in [-0.2, -0.15) is 0 Å². The SMILES string of the molecule is CCCCOC1CC(N(C)C(=O)CCC2CCNC2)C1(C)C. The van der Waals surface area contributed by atoms with Gasteiger partial charge in [-0.15, -0.1) is 0 Å². The van der Waals surface area contributed by atoms with E-state index in [1.165, 1.54) is 12.8 Å². The van der Waals surface area contributed by atoms with Crippen LogP contribution in [0.4, 0.5) is 0 Å². The van der Waals surface area contributed by atoms with Gasteiger partial charge in [-0.1, -0.05) is 27.2 Å². The molecule has 0 aromatic heterocycles. The highest BCUT2D eigenvalue weighted by molar-refractivity contribution is 5.76. The summed E-state index contributed by atoms with van der Waals surface area (Å²) in [4.78, 5) is 14.4. The van der Waals surface area contributed by atoms with Crippen molar-refractivity contribution in [1.29, 1.82) is 0 Å². The largest absolute Gasteiger partial charge is 0.378 e. The summed E-state index contributed by atoms with van der Waals surface area (Å²) < 4.78 is 5.99. The van der Waals surface area contributed by atoms with Crippen molar-refractivity contribution >= 4 is 5.91 Å². The molecule has 0 aromatic rings. The lowest BCUT2D eigenvalue weighted by Crippen LogP contribution is -2.62. The molecule has 2 fully saturated rings. The molecule has 1 heterocycles. The third-order valence-electron chi connectivity index (χ3n) is 5.73. The van der Waals surface area contributed by atoms with Crippen molar-refractivity contribution in [2.45, 2.75) is 71.4 Å². The fraction of sp³-hybridized carbons (Fsp3) is 0.944. The van der Waals surface area contributed by atoms with Crippen LogP contribution < -0.4 is 5.32 Å². The molecule has 1 aliphatic carbocycles. The Morgan fingerprint density at radius 3 is 2.77 bits per heavy atom. The van der Waals surface area contributed by atoms with E-state index in [2.05, 4.69) is 26.1 Å². The van der Waals surface area contributed by atoms with Crippen molar-refractivity contribution in [1.82, 2.24) is 10.2 Å². The van der Waals surface area contributed by atoms with E-state index in [4.69, 9.17) is 4.74 Å². The number of nitrogens with zero attached hydrogens (tertiary/aromatic N) is 1. The molecular weight excluding hydrogens is 276 g/mol. The molecule has 3 unspecified atom stereocenters. The average molecular weight is 310 g/mol. The van der Waals surface area contributed by atoms with Gasteiger partial charge in [0.05, 0.1) is 6.10 Å². The first-order valence-corrected chi connectivity index (χ1v) is 9.04. The van der Waals surface area contributed by atoms with Gasteiger partial charge >= 0.3 is 0 Å². The number of carbonyl (C=O) groups excluding carboxylic acids is 1. The Balaban J connectivity index is 1.74. The standard InChI is InChI=1S/C18H34N2O2/c1-5-6-11-22-16-12-15(18(16,2)3)20(4)17(21)8-7-14-9-10-19-13-14/h14-16,19H,5-13H2,1-4H3. The zero-order valence-electron chi connectivity index (χ0n) is 14.9. The lowest BCUT2D eigenvalue weighted by Gasteiger charge is -2.55. The maximum atomic E-state index is 12.5. The summed E-state index contributed by atoms with van der Waals surface area (Å²) in [5, 5.41) is 3.37. The summed E-state index contributed by atoms with van der Waals surface area (Å²) in [7, 11) is 1.98. The number of carbonyl (C=O) groups is 1. The van der Waals surface area contributed by atoms with Crippen LogP contribution in [-0.4, -0.2) is 49.7 Å². The van der Waals surface area contributed by atoms with E-state index in [0.29, 0.717) is 30.4 Å². The third kappa shape index (κ3) is 4.02. The number of unbranched alkanes of at least 4 members (excludes halogenated alkanes) is 1. The molecular formula is C18H34N2O2. The highest BCUT2D eigenvalue weighted by Gasteiger charge is 2.51. The zero-order valence-corrected chi connectivity index (χ0v) is 14.9. The van der Waals surface area contributed by atoms with Crippen LogP contribution in [0.15, 0.2) is 0 Å². The summed E-state index contributed by atoms with van der Waals surface area (Å²) in [6.07, 6.45) is 6.53. The molecule has 128 valence electrons. The monoisotopic (exact) mass is 310 g/mol. The van der Waals surface area contributed by atoms with Crippen LogP contribution in [0.3, 0.4) is 0 Å². The molecule has 1 saturated heterocycles. The molecule has 1 aliphatic heterocycles. The van der Waals surface area contributed by atoms with Gasteiger partial charge in [0.1, 0.15) is 0 Å². The topological polar surface area (TPSA) is 41.6 Å². The number of rotatable bonds is 8. The lowest BCUT2D eigenvalue weighted by atomic mass is 9.63. The average Bonchev–Trinajstić information content (AvgIpc) is 3.00. The van der Waals surface area contributed by atoms with E-state index >= 15 is 0 Å². The van der Waals surface area contributed by atoms with Crippen molar-refractivity contribution in [3.63, 3.8) is 0 Å². The molecule has 4 nitrogen and oxygen atoms in total. The molecule has 1 saturated carbocycles. The Hall–Kier alpha value is -0.610. The minimum atomic E-state index is 0.0765. The highest BCUT2D eigenvalue weighted by Crippen LogP contribution is 2.45. The van der Waals surface area contributed by atoms with Gasteiger partial charge in [0.25, 0.3) is 0 Å². The van der Waals surface area contributed by atoms with Crippen LogP contribution in [0.2, 0.25) is 0 Å². The highest BCUT2D eigenvalue weighted by atomic mass is 16.5. The van der Waals surface area contributed by atoms with Crippen molar-refractivity contribution < 1.29 is 9.53 Å². The first-order valence-electron chi connectivity index (χ1n) is 9.04. The summed E-state index contributed by atoms with van der Waals surface area (Å²) in [5.74, 6) is 0.994. The van der Waals surface area contributed by atoms with Gasteiger partial charge < -0.3 is 15.0 Å². The molecule has 2 rings (SSSR count). The van der Waals surface area contributed by atoms with Gasteiger partial charge in [-0.3, -0.25) is 4.79 Å². The van der Waals surface area contributed by atoms with E-state index < -0.39 is 0 Å². The fourth-order valence-corrected chi connectivity index (χ4v) is 3.81. The van der Waals surface area contributed by atoms with Gasteiger partial charge in [0.2, 0.25) is 5.91 Å². The number of hydrogen-bond donors (Lipinski definition) is 1. The Kier molecular flexibility index (Phi) is 6.27. The van der Waals surface area contributed by atoms with Gasteiger partial charge in [-0.25, -0.2) is 0 Å². The summed E-state index contributed by atoms with van der Waals surface area (Å²) in [5.41, 5.74) is 0.0765.